The largest absolute Gasteiger partial charge is 0.493 e. The number of ether oxygens (including phenoxy) is 2. The van der Waals surface area contributed by atoms with E-state index in [0.29, 0.717) is 11.5 Å². The van der Waals surface area contributed by atoms with E-state index >= 15 is 0 Å². The van der Waals surface area contributed by atoms with Crippen molar-refractivity contribution in [2.45, 2.75) is 19.9 Å². The van der Waals surface area contributed by atoms with E-state index in [4.69, 9.17) is 9.47 Å². The molecule has 0 saturated heterocycles. The van der Waals surface area contributed by atoms with Gasteiger partial charge in [-0.2, -0.15) is 0 Å². The van der Waals surface area contributed by atoms with Crippen molar-refractivity contribution < 1.29 is 14.3 Å². The van der Waals surface area contributed by atoms with Gasteiger partial charge < -0.3 is 20.1 Å². The summed E-state index contributed by atoms with van der Waals surface area (Å²) in [5.74, 6) is 1.20. The van der Waals surface area contributed by atoms with Gasteiger partial charge in [0.1, 0.15) is 0 Å². The number of carbonyl (C=O) groups excluding carboxylic acids is 1. The summed E-state index contributed by atoms with van der Waals surface area (Å²) in [6, 6.07) is 13.4. The van der Waals surface area contributed by atoms with E-state index in [1.807, 2.05) is 50.2 Å². The van der Waals surface area contributed by atoms with Crippen LogP contribution in [0.5, 0.6) is 11.5 Å². The Balaban J connectivity index is 2.11. The van der Waals surface area contributed by atoms with Crippen LogP contribution in [0.2, 0.25) is 0 Å². The van der Waals surface area contributed by atoms with Crippen molar-refractivity contribution >= 4 is 17.3 Å². The summed E-state index contributed by atoms with van der Waals surface area (Å²) in [5, 5.41) is 6.47. The van der Waals surface area contributed by atoms with Crippen LogP contribution < -0.4 is 20.1 Å². The molecule has 1 amide bonds. The lowest BCUT2D eigenvalue weighted by Crippen LogP contribution is -2.43. The zero-order valence-corrected chi connectivity index (χ0v) is 14.3. The Kier molecular flexibility index (Phi) is 4.09. The zero-order valence-electron chi connectivity index (χ0n) is 14.3. The van der Waals surface area contributed by atoms with Gasteiger partial charge in [0, 0.05) is 23.0 Å². The monoisotopic (exact) mass is 326 g/mol. The third kappa shape index (κ3) is 2.66. The summed E-state index contributed by atoms with van der Waals surface area (Å²) in [5.41, 5.74) is 2.06. The molecule has 24 heavy (non-hydrogen) atoms. The quantitative estimate of drug-likeness (QED) is 0.896. The highest BCUT2D eigenvalue weighted by Crippen LogP contribution is 2.47. The molecule has 0 aromatic heterocycles. The van der Waals surface area contributed by atoms with Gasteiger partial charge in [-0.3, -0.25) is 4.79 Å². The second kappa shape index (κ2) is 6.07. The predicted molar refractivity (Wildman–Crippen MR) is 94.8 cm³/mol. The van der Waals surface area contributed by atoms with Crippen LogP contribution in [0.1, 0.15) is 25.5 Å². The van der Waals surface area contributed by atoms with Crippen molar-refractivity contribution in [2.75, 3.05) is 24.9 Å². The molecule has 3 rings (SSSR count). The SMILES string of the molecule is COc1cc2c(cc1OC)C(Nc1ccccc1)C(C)(C)C(=O)N2. The van der Waals surface area contributed by atoms with Crippen LogP contribution in [0.4, 0.5) is 11.4 Å². The average Bonchev–Trinajstić information content (AvgIpc) is 2.59. The van der Waals surface area contributed by atoms with Gasteiger partial charge in [0.25, 0.3) is 0 Å². The molecule has 0 spiro atoms. The lowest BCUT2D eigenvalue weighted by Gasteiger charge is -2.40. The predicted octanol–water partition coefficient (Wildman–Crippen LogP) is 3.84. The average molecular weight is 326 g/mol. The molecule has 1 heterocycles. The number of hydrogen-bond acceptors (Lipinski definition) is 4. The van der Waals surface area contributed by atoms with Gasteiger partial charge in [0.05, 0.1) is 25.7 Å². The maximum absolute atomic E-state index is 12.6. The van der Waals surface area contributed by atoms with Crippen molar-refractivity contribution in [3.63, 3.8) is 0 Å². The van der Waals surface area contributed by atoms with Crippen molar-refractivity contribution in [1.29, 1.82) is 0 Å². The Morgan fingerprint density at radius 2 is 1.67 bits per heavy atom. The molecule has 2 aromatic carbocycles. The van der Waals surface area contributed by atoms with E-state index in [2.05, 4.69) is 10.6 Å². The Hall–Kier alpha value is -2.69. The lowest BCUT2D eigenvalue weighted by molar-refractivity contribution is -0.125. The normalized spacial score (nSPS) is 18.3. The molecule has 5 heteroatoms. The number of nitrogens with one attached hydrogen (secondary N) is 2. The summed E-state index contributed by atoms with van der Waals surface area (Å²) in [6.07, 6.45) is 0. The Morgan fingerprint density at radius 1 is 1.04 bits per heavy atom. The molecular weight excluding hydrogens is 304 g/mol. The minimum absolute atomic E-state index is 0.0318. The lowest BCUT2D eigenvalue weighted by atomic mass is 9.76. The van der Waals surface area contributed by atoms with Gasteiger partial charge in [0.15, 0.2) is 11.5 Å². The second-order valence-corrected chi connectivity index (χ2v) is 6.41. The van der Waals surface area contributed by atoms with Crippen LogP contribution in [0, 0.1) is 5.41 Å². The van der Waals surface area contributed by atoms with Crippen molar-refractivity contribution in [1.82, 2.24) is 0 Å². The zero-order chi connectivity index (χ0) is 17.3. The van der Waals surface area contributed by atoms with Gasteiger partial charge in [0.2, 0.25) is 5.91 Å². The first-order valence-corrected chi connectivity index (χ1v) is 7.86. The molecule has 5 nitrogen and oxygen atoms in total. The smallest absolute Gasteiger partial charge is 0.232 e. The molecule has 1 aliphatic heterocycles. The molecule has 126 valence electrons. The van der Waals surface area contributed by atoms with E-state index in [1.54, 1.807) is 20.3 Å². The number of rotatable bonds is 4. The molecule has 1 unspecified atom stereocenters. The third-order valence-electron chi connectivity index (χ3n) is 4.51. The van der Waals surface area contributed by atoms with Crippen LogP contribution >= 0.6 is 0 Å². The van der Waals surface area contributed by atoms with Crippen molar-refractivity contribution in [3.05, 3.63) is 48.0 Å². The summed E-state index contributed by atoms with van der Waals surface area (Å²) >= 11 is 0. The Bertz CT molecular complexity index is 757. The first-order chi connectivity index (χ1) is 11.5. The fourth-order valence-corrected chi connectivity index (χ4v) is 3.00. The van der Waals surface area contributed by atoms with Crippen LogP contribution in [0.15, 0.2) is 42.5 Å². The number of fused-ring (bicyclic) bond motifs is 1. The highest BCUT2D eigenvalue weighted by molar-refractivity contribution is 5.99. The highest BCUT2D eigenvalue weighted by Gasteiger charge is 2.43. The van der Waals surface area contributed by atoms with Gasteiger partial charge in [-0.25, -0.2) is 0 Å². The maximum atomic E-state index is 12.6. The minimum atomic E-state index is -0.623. The number of anilines is 2. The van der Waals surface area contributed by atoms with Gasteiger partial charge >= 0.3 is 0 Å². The second-order valence-electron chi connectivity index (χ2n) is 6.41. The summed E-state index contributed by atoms with van der Waals surface area (Å²) in [4.78, 5) is 12.6. The summed E-state index contributed by atoms with van der Waals surface area (Å²) in [6.45, 7) is 3.87. The topological polar surface area (TPSA) is 59.6 Å². The fourth-order valence-electron chi connectivity index (χ4n) is 3.00. The van der Waals surface area contributed by atoms with E-state index in [1.165, 1.54) is 0 Å². The summed E-state index contributed by atoms with van der Waals surface area (Å²) < 4.78 is 10.8. The number of methoxy groups -OCH3 is 2. The number of hydrogen-bond donors (Lipinski definition) is 2. The van der Waals surface area contributed by atoms with E-state index in [9.17, 15) is 4.79 Å². The molecule has 1 aliphatic rings. The fraction of sp³-hybridized carbons (Fsp3) is 0.316. The van der Waals surface area contributed by atoms with E-state index in [0.717, 1.165) is 16.9 Å². The van der Waals surface area contributed by atoms with Crippen LogP contribution in [0.25, 0.3) is 0 Å². The molecular formula is C19H22N2O3. The Morgan fingerprint density at radius 3 is 2.29 bits per heavy atom. The van der Waals surface area contributed by atoms with E-state index in [-0.39, 0.29) is 11.9 Å². The summed E-state index contributed by atoms with van der Waals surface area (Å²) in [7, 11) is 3.19. The maximum Gasteiger partial charge on any atom is 0.232 e. The molecule has 1 atom stereocenters. The number of benzene rings is 2. The van der Waals surface area contributed by atoms with Crippen LogP contribution in [-0.4, -0.2) is 20.1 Å². The molecule has 0 fully saturated rings. The molecule has 0 radical (unpaired) electrons. The number of carbonyl (C=O) groups is 1. The standard InChI is InChI=1S/C19H22N2O3/c1-19(2)17(20-12-8-6-5-7-9-12)13-10-15(23-3)16(24-4)11-14(13)21-18(19)22/h5-11,17,20H,1-4H3,(H,21,22). The molecule has 0 bridgehead atoms. The van der Waals surface area contributed by atoms with Gasteiger partial charge in [-0.05, 0) is 32.0 Å². The molecule has 2 N–H and O–H groups in total. The van der Waals surface area contributed by atoms with Crippen molar-refractivity contribution in [2.24, 2.45) is 5.41 Å². The van der Waals surface area contributed by atoms with E-state index < -0.39 is 5.41 Å². The number of amides is 1. The first kappa shape index (κ1) is 16.2. The molecule has 2 aromatic rings. The van der Waals surface area contributed by atoms with Crippen LogP contribution in [0.3, 0.4) is 0 Å². The Labute approximate surface area is 142 Å². The van der Waals surface area contributed by atoms with Gasteiger partial charge in [-0.1, -0.05) is 18.2 Å². The van der Waals surface area contributed by atoms with Crippen molar-refractivity contribution in [3.8, 4) is 11.5 Å². The minimum Gasteiger partial charge on any atom is -0.493 e. The molecule has 0 saturated carbocycles. The van der Waals surface area contributed by atoms with Crippen LogP contribution in [-0.2, 0) is 4.79 Å². The number of para-hydroxylation sites is 1. The molecule has 0 aliphatic carbocycles. The highest BCUT2D eigenvalue weighted by atomic mass is 16.5. The van der Waals surface area contributed by atoms with Gasteiger partial charge in [-0.15, -0.1) is 0 Å². The third-order valence-corrected chi connectivity index (χ3v) is 4.51. The first-order valence-electron chi connectivity index (χ1n) is 7.86.